The summed E-state index contributed by atoms with van der Waals surface area (Å²) in [6.45, 7) is 3.77. The molecule has 2 N–H and O–H groups in total. The SMILES string of the molecule is CCOC(=O)C1(c2cccc(O)c2)CCNCC1. The molecule has 2 rings (SSSR count). The Labute approximate surface area is 107 Å². The number of nitrogens with one attached hydrogen (secondary N) is 1. The van der Waals surface area contributed by atoms with E-state index in [9.17, 15) is 9.90 Å². The average molecular weight is 249 g/mol. The minimum absolute atomic E-state index is 0.183. The van der Waals surface area contributed by atoms with Crippen LogP contribution in [0.25, 0.3) is 0 Å². The molecule has 0 unspecified atom stereocenters. The van der Waals surface area contributed by atoms with E-state index in [1.54, 1.807) is 18.2 Å². The second-order valence-electron chi connectivity index (χ2n) is 4.60. The molecule has 0 bridgehead atoms. The number of phenolic OH excluding ortho intramolecular Hbond substituents is 1. The second kappa shape index (κ2) is 5.40. The first-order valence-corrected chi connectivity index (χ1v) is 6.36. The summed E-state index contributed by atoms with van der Waals surface area (Å²) in [5.41, 5.74) is 0.238. The lowest BCUT2D eigenvalue weighted by atomic mass is 9.73. The van der Waals surface area contributed by atoms with Gasteiger partial charge in [-0.2, -0.15) is 0 Å². The van der Waals surface area contributed by atoms with Crippen LogP contribution in [0.15, 0.2) is 24.3 Å². The zero-order valence-corrected chi connectivity index (χ0v) is 10.6. The first kappa shape index (κ1) is 12.9. The number of piperidine rings is 1. The highest BCUT2D eigenvalue weighted by molar-refractivity contribution is 5.83. The van der Waals surface area contributed by atoms with E-state index in [-0.39, 0.29) is 11.7 Å². The normalized spacial score (nSPS) is 18.3. The van der Waals surface area contributed by atoms with Gasteiger partial charge in [-0.3, -0.25) is 4.79 Å². The molecule has 1 aromatic rings. The summed E-state index contributed by atoms with van der Waals surface area (Å²) in [6, 6.07) is 6.95. The Morgan fingerprint density at radius 3 is 2.78 bits per heavy atom. The molecule has 4 nitrogen and oxygen atoms in total. The van der Waals surface area contributed by atoms with E-state index >= 15 is 0 Å². The van der Waals surface area contributed by atoms with Crippen molar-refractivity contribution in [3.05, 3.63) is 29.8 Å². The van der Waals surface area contributed by atoms with Crippen molar-refractivity contribution >= 4 is 5.97 Å². The number of benzene rings is 1. The van der Waals surface area contributed by atoms with Gasteiger partial charge in [0.1, 0.15) is 5.75 Å². The monoisotopic (exact) mass is 249 g/mol. The molecule has 0 spiro atoms. The highest BCUT2D eigenvalue weighted by Gasteiger charge is 2.42. The standard InChI is InChI=1S/C14H19NO3/c1-2-18-13(17)14(6-8-15-9-7-14)11-4-3-5-12(16)10-11/h3-5,10,15-16H,2,6-9H2,1H3. The molecule has 0 saturated carbocycles. The van der Waals surface area contributed by atoms with Crippen LogP contribution in [0.3, 0.4) is 0 Å². The molecule has 1 heterocycles. The number of ether oxygens (including phenoxy) is 1. The maximum atomic E-state index is 12.3. The van der Waals surface area contributed by atoms with Crippen LogP contribution < -0.4 is 5.32 Å². The summed E-state index contributed by atoms with van der Waals surface area (Å²) in [7, 11) is 0. The van der Waals surface area contributed by atoms with Crippen LogP contribution in [0, 0.1) is 0 Å². The molecule has 0 atom stereocenters. The van der Waals surface area contributed by atoms with Gasteiger partial charge < -0.3 is 15.2 Å². The lowest BCUT2D eigenvalue weighted by molar-refractivity contribution is -0.151. The predicted molar refractivity (Wildman–Crippen MR) is 68.5 cm³/mol. The van der Waals surface area contributed by atoms with Crippen LogP contribution in [0.5, 0.6) is 5.75 Å². The van der Waals surface area contributed by atoms with Crippen molar-refractivity contribution in [2.24, 2.45) is 0 Å². The summed E-state index contributed by atoms with van der Waals surface area (Å²) in [6.07, 6.45) is 1.41. The van der Waals surface area contributed by atoms with E-state index in [4.69, 9.17) is 4.74 Å². The first-order chi connectivity index (χ1) is 8.69. The molecule has 1 aliphatic rings. The highest BCUT2D eigenvalue weighted by Crippen LogP contribution is 2.36. The molecule has 18 heavy (non-hydrogen) atoms. The van der Waals surface area contributed by atoms with Gasteiger partial charge in [0.15, 0.2) is 0 Å². The smallest absolute Gasteiger partial charge is 0.316 e. The van der Waals surface area contributed by atoms with E-state index in [1.165, 1.54) is 0 Å². The summed E-state index contributed by atoms with van der Waals surface area (Å²) in [5.74, 6) is 0.00630. The fourth-order valence-corrected chi connectivity index (χ4v) is 2.54. The van der Waals surface area contributed by atoms with Gasteiger partial charge >= 0.3 is 5.97 Å². The van der Waals surface area contributed by atoms with Gasteiger partial charge in [0.05, 0.1) is 12.0 Å². The van der Waals surface area contributed by atoms with E-state index < -0.39 is 5.41 Å². The lowest BCUT2D eigenvalue weighted by Crippen LogP contribution is -2.46. The Balaban J connectivity index is 2.38. The molecular weight excluding hydrogens is 230 g/mol. The third-order valence-corrected chi connectivity index (χ3v) is 3.52. The zero-order chi connectivity index (χ0) is 13.0. The summed E-state index contributed by atoms with van der Waals surface area (Å²) < 4.78 is 5.23. The van der Waals surface area contributed by atoms with E-state index in [2.05, 4.69) is 5.32 Å². The number of phenols is 1. The molecule has 98 valence electrons. The number of rotatable bonds is 3. The number of carbonyl (C=O) groups is 1. The van der Waals surface area contributed by atoms with Crippen LogP contribution in [0.1, 0.15) is 25.3 Å². The van der Waals surface area contributed by atoms with Gasteiger partial charge in [-0.15, -0.1) is 0 Å². The zero-order valence-electron chi connectivity index (χ0n) is 10.6. The molecule has 0 aliphatic carbocycles. The van der Waals surface area contributed by atoms with Crippen LogP contribution in [0.2, 0.25) is 0 Å². The maximum Gasteiger partial charge on any atom is 0.316 e. The van der Waals surface area contributed by atoms with Gasteiger partial charge in [-0.25, -0.2) is 0 Å². The minimum Gasteiger partial charge on any atom is -0.508 e. The van der Waals surface area contributed by atoms with E-state index in [1.807, 2.05) is 13.0 Å². The Bertz CT molecular complexity index is 425. The summed E-state index contributed by atoms with van der Waals surface area (Å²) in [4.78, 5) is 12.3. The summed E-state index contributed by atoms with van der Waals surface area (Å²) in [5, 5.41) is 12.9. The number of aromatic hydroxyl groups is 1. The number of esters is 1. The van der Waals surface area contributed by atoms with Crippen molar-refractivity contribution in [2.45, 2.75) is 25.2 Å². The quantitative estimate of drug-likeness (QED) is 0.798. The molecule has 0 aromatic heterocycles. The Hall–Kier alpha value is -1.55. The van der Waals surface area contributed by atoms with Gasteiger partial charge in [-0.05, 0) is 50.6 Å². The first-order valence-electron chi connectivity index (χ1n) is 6.36. The second-order valence-corrected chi connectivity index (χ2v) is 4.60. The van der Waals surface area contributed by atoms with Gasteiger partial charge in [0.2, 0.25) is 0 Å². The fraction of sp³-hybridized carbons (Fsp3) is 0.500. The fourth-order valence-electron chi connectivity index (χ4n) is 2.54. The van der Waals surface area contributed by atoms with Crippen molar-refractivity contribution in [1.29, 1.82) is 0 Å². The highest BCUT2D eigenvalue weighted by atomic mass is 16.5. The minimum atomic E-state index is -0.611. The number of hydrogen-bond acceptors (Lipinski definition) is 4. The van der Waals surface area contributed by atoms with Crippen molar-refractivity contribution in [3.63, 3.8) is 0 Å². The molecule has 1 fully saturated rings. The van der Waals surface area contributed by atoms with E-state index in [0.29, 0.717) is 19.4 Å². The Morgan fingerprint density at radius 2 is 2.17 bits per heavy atom. The van der Waals surface area contributed by atoms with Crippen LogP contribution in [-0.4, -0.2) is 30.8 Å². The third kappa shape index (κ3) is 2.34. The molecular formula is C14H19NO3. The predicted octanol–water partition coefficient (Wildman–Crippen LogP) is 1.58. The molecule has 1 aliphatic heterocycles. The van der Waals surface area contributed by atoms with Crippen molar-refractivity contribution in [2.75, 3.05) is 19.7 Å². The van der Waals surface area contributed by atoms with Crippen LogP contribution in [0.4, 0.5) is 0 Å². The van der Waals surface area contributed by atoms with Gasteiger partial charge in [0.25, 0.3) is 0 Å². The average Bonchev–Trinajstić information content (AvgIpc) is 2.40. The molecule has 4 heteroatoms. The van der Waals surface area contributed by atoms with Crippen molar-refractivity contribution in [1.82, 2.24) is 5.32 Å². The van der Waals surface area contributed by atoms with E-state index in [0.717, 1.165) is 18.7 Å². The van der Waals surface area contributed by atoms with Crippen LogP contribution in [-0.2, 0) is 14.9 Å². The van der Waals surface area contributed by atoms with Crippen LogP contribution >= 0.6 is 0 Å². The summed E-state index contributed by atoms with van der Waals surface area (Å²) >= 11 is 0. The van der Waals surface area contributed by atoms with Gasteiger partial charge in [-0.1, -0.05) is 12.1 Å². The topological polar surface area (TPSA) is 58.6 Å². The molecule has 0 amide bonds. The Morgan fingerprint density at radius 1 is 1.44 bits per heavy atom. The Kier molecular flexibility index (Phi) is 3.87. The van der Waals surface area contributed by atoms with Crippen molar-refractivity contribution < 1.29 is 14.6 Å². The maximum absolute atomic E-state index is 12.3. The number of hydrogen-bond donors (Lipinski definition) is 2. The largest absolute Gasteiger partial charge is 0.508 e. The van der Waals surface area contributed by atoms with Gasteiger partial charge in [0, 0.05) is 0 Å². The van der Waals surface area contributed by atoms with Crippen molar-refractivity contribution in [3.8, 4) is 5.75 Å². The lowest BCUT2D eigenvalue weighted by Gasteiger charge is -2.35. The molecule has 1 aromatic carbocycles. The molecule has 1 saturated heterocycles. The third-order valence-electron chi connectivity index (χ3n) is 3.52. The number of carbonyl (C=O) groups excluding carboxylic acids is 1. The molecule has 0 radical (unpaired) electrons.